The summed E-state index contributed by atoms with van der Waals surface area (Å²) in [5.41, 5.74) is 2.06. The molecular formula is C15H19NO4S. The van der Waals surface area contributed by atoms with Gasteiger partial charge in [0.25, 0.3) is 0 Å². The van der Waals surface area contributed by atoms with Crippen molar-refractivity contribution in [3.05, 3.63) is 29.3 Å². The normalized spacial score (nSPS) is 17.8. The van der Waals surface area contributed by atoms with Crippen LogP contribution in [0, 0.1) is 13.8 Å². The number of nitrogens with zero attached hydrogens (tertiary/aromatic N) is 1. The van der Waals surface area contributed by atoms with Crippen molar-refractivity contribution in [3.8, 4) is 5.75 Å². The van der Waals surface area contributed by atoms with E-state index in [1.807, 2.05) is 32.0 Å². The highest BCUT2D eigenvalue weighted by Crippen LogP contribution is 2.24. The molecule has 1 fully saturated rings. The molecular weight excluding hydrogens is 290 g/mol. The number of thioether (sulfide) groups is 1. The van der Waals surface area contributed by atoms with Gasteiger partial charge in [0, 0.05) is 5.75 Å². The molecule has 0 unspecified atom stereocenters. The van der Waals surface area contributed by atoms with E-state index in [0.717, 1.165) is 16.9 Å². The van der Waals surface area contributed by atoms with E-state index in [-0.39, 0.29) is 18.9 Å². The van der Waals surface area contributed by atoms with Crippen molar-refractivity contribution in [1.29, 1.82) is 0 Å². The molecule has 0 aliphatic carbocycles. The molecule has 1 aromatic rings. The molecule has 0 spiro atoms. The molecule has 0 saturated carbocycles. The summed E-state index contributed by atoms with van der Waals surface area (Å²) in [4.78, 5) is 24.6. The largest absolute Gasteiger partial charge is 0.493 e. The number of amides is 1. The molecule has 1 N–H and O–H groups in total. The summed E-state index contributed by atoms with van der Waals surface area (Å²) in [5, 5.41) is 9.07. The minimum Gasteiger partial charge on any atom is -0.493 e. The van der Waals surface area contributed by atoms with Gasteiger partial charge >= 0.3 is 5.97 Å². The Bertz CT molecular complexity index is 526. The Hall–Kier alpha value is -1.69. The third kappa shape index (κ3) is 3.69. The SMILES string of the molecule is Cc1cccc(C)c1OCCC(=O)N1CSC[C@H]1C(=O)O. The van der Waals surface area contributed by atoms with Gasteiger partial charge in [0.2, 0.25) is 5.91 Å². The molecule has 1 aliphatic heterocycles. The molecule has 1 aliphatic rings. The molecule has 5 nitrogen and oxygen atoms in total. The quantitative estimate of drug-likeness (QED) is 0.902. The molecule has 0 bridgehead atoms. The van der Waals surface area contributed by atoms with Crippen LogP contribution < -0.4 is 4.74 Å². The van der Waals surface area contributed by atoms with Gasteiger partial charge in [-0.2, -0.15) is 0 Å². The van der Waals surface area contributed by atoms with E-state index < -0.39 is 12.0 Å². The fourth-order valence-electron chi connectivity index (χ4n) is 2.30. The average molecular weight is 309 g/mol. The molecule has 1 atom stereocenters. The first-order valence-electron chi connectivity index (χ1n) is 6.79. The molecule has 0 aromatic heterocycles. The zero-order chi connectivity index (χ0) is 15.4. The van der Waals surface area contributed by atoms with Crippen LogP contribution in [0.3, 0.4) is 0 Å². The van der Waals surface area contributed by atoms with E-state index in [9.17, 15) is 9.59 Å². The lowest BCUT2D eigenvalue weighted by atomic mass is 10.1. The number of carboxylic acids is 1. The molecule has 1 aromatic carbocycles. The summed E-state index contributed by atoms with van der Waals surface area (Å²) in [6.07, 6.45) is 0.193. The third-order valence-electron chi connectivity index (χ3n) is 3.46. The van der Waals surface area contributed by atoms with E-state index in [1.165, 1.54) is 16.7 Å². The van der Waals surface area contributed by atoms with Gasteiger partial charge in [0.15, 0.2) is 0 Å². The standard InChI is InChI=1S/C15H19NO4S/c1-10-4-3-5-11(2)14(10)20-7-6-13(17)16-9-21-8-12(16)15(18)19/h3-5,12H,6-9H2,1-2H3,(H,18,19)/t12-/m0/s1. The number of benzene rings is 1. The number of carbonyl (C=O) groups is 2. The number of rotatable bonds is 5. The molecule has 114 valence electrons. The Morgan fingerprint density at radius 3 is 2.67 bits per heavy atom. The van der Waals surface area contributed by atoms with Gasteiger partial charge in [-0.15, -0.1) is 11.8 Å². The van der Waals surface area contributed by atoms with Crippen LogP contribution in [-0.4, -0.2) is 46.2 Å². The van der Waals surface area contributed by atoms with E-state index in [4.69, 9.17) is 9.84 Å². The first kappa shape index (κ1) is 15.7. The molecule has 21 heavy (non-hydrogen) atoms. The monoisotopic (exact) mass is 309 g/mol. The molecule has 2 rings (SSSR count). The van der Waals surface area contributed by atoms with Crippen LogP contribution in [0.4, 0.5) is 0 Å². The summed E-state index contributed by atoms with van der Waals surface area (Å²) in [6.45, 7) is 4.18. The summed E-state index contributed by atoms with van der Waals surface area (Å²) in [5.74, 6) is 0.594. The van der Waals surface area contributed by atoms with Crippen molar-refractivity contribution >= 4 is 23.6 Å². The summed E-state index contributed by atoms with van der Waals surface area (Å²) in [6, 6.07) is 5.17. The number of carbonyl (C=O) groups excluding carboxylic acids is 1. The number of carboxylic acid groups (broad SMARTS) is 1. The molecule has 1 amide bonds. The summed E-state index contributed by atoms with van der Waals surface area (Å²) >= 11 is 1.47. The maximum Gasteiger partial charge on any atom is 0.327 e. The summed E-state index contributed by atoms with van der Waals surface area (Å²) < 4.78 is 5.69. The predicted molar refractivity (Wildman–Crippen MR) is 81.6 cm³/mol. The van der Waals surface area contributed by atoms with Crippen LogP contribution in [0.2, 0.25) is 0 Å². The lowest BCUT2D eigenvalue weighted by Crippen LogP contribution is -2.42. The second kappa shape index (κ2) is 6.85. The first-order valence-corrected chi connectivity index (χ1v) is 7.95. The van der Waals surface area contributed by atoms with Crippen molar-refractivity contribution in [1.82, 2.24) is 4.90 Å². The highest BCUT2D eigenvalue weighted by molar-refractivity contribution is 7.99. The first-order chi connectivity index (χ1) is 10.0. The van der Waals surface area contributed by atoms with E-state index in [2.05, 4.69) is 0 Å². The number of para-hydroxylation sites is 1. The number of aryl methyl sites for hydroxylation is 2. The van der Waals surface area contributed by atoms with Crippen molar-refractivity contribution in [2.45, 2.75) is 26.3 Å². The van der Waals surface area contributed by atoms with Crippen molar-refractivity contribution in [2.24, 2.45) is 0 Å². The highest BCUT2D eigenvalue weighted by Gasteiger charge is 2.34. The Morgan fingerprint density at radius 2 is 2.05 bits per heavy atom. The highest BCUT2D eigenvalue weighted by atomic mass is 32.2. The van der Waals surface area contributed by atoms with Crippen LogP contribution in [0.5, 0.6) is 5.75 Å². The van der Waals surface area contributed by atoms with Crippen LogP contribution in [-0.2, 0) is 9.59 Å². The second-order valence-electron chi connectivity index (χ2n) is 5.04. The van der Waals surface area contributed by atoms with E-state index in [0.29, 0.717) is 11.6 Å². The lowest BCUT2D eigenvalue weighted by Gasteiger charge is -2.20. The van der Waals surface area contributed by atoms with Crippen molar-refractivity contribution in [3.63, 3.8) is 0 Å². The van der Waals surface area contributed by atoms with Gasteiger partial charge in [0.1, 0.15) is 11.8 Å². The lowest BCUT2D eigenvalue weighted by molar-refractivity contribution is -0.147. The topological polar surface area (TPSA) is 66.8 Å². The van der Waals surface area contributed by atoms with Gasteiger partial charge in [0.05, 0.1) is 18.9 Å². The zero-order valence-corrected chi connectivity index (χ0v) is 13.0. The van der Waals surface area contributed by atoms with Gasteiger partial charge in [-0.3, -0.25) is 4.79 Å². The van der Waals surface area contributed by atoms with Crippen LogP contribution in [0.25, 0.3) is 0 Å². The van der Waals surface area contributed by atoms with Crippen molar-refractivity contribution in [2.75, 3.05) is 18.2 Å². The average Bonchev–Trinajstić information content (AvgIpc) is 2.91. The van der Waals surface area contributed by atoms with Crippen LogP contribution >= 0.6 is 11.8 Å². The number of aliphatic carboxylic acids is 1. The van der Waals surface area contributed by atoms with Gasteiger partial charge in [-0.1, -0.05) is 18.2 Å². The smallest absolute Gasteiger partial charge is 0.327 e. The Morgan fingerprint density at radius 1 is 1.38 bits per heavy atom. The second-order valence-corrected chi connectivity index (χ2v) is 6.04. The third-order valence-corrected chi connectivity index (χ3v) is 4.47. The van der Waals surface area contributed by atoms with Crippen LogP contribution in [0.1, 0.15) is 17.5 Å². The van der Waals surface area contributed by atoms with E-state index >= 15 is 0 Å². The van der Waals surface area contributed by atoms with Gasteiger partial charge in [-0.25, -0.2) is 4.79 Å². The predicted octanol–water partition coefficient (Wildman–Crippen LogP) is 2.06. The maximum absolute atomic E-state index is 12.1. The maximum atomic E-state index is 12.1. The molecule has 1 heterocycles. The van der Waals surface area contributed by atoms with Crippen molar-refractivity contribution < 1.29 is 19.4 Å². The molecule has 0 radical (unpaired) electrons. The van der Waals surface area contributed by atoms with E-state index in [1.54, 1.807) is 0 Å². The fourth-order valence-corrected chi connectivity index (χ4v) is 3.48. The minimum atomic E-state index is -0.941. The zero-order valence-electron chi connectivity index (χ0n) is 12.2. The van der Waals surface area contributed by atoms with Crippen LogP contribution in [0.15, 0.2) is 18.2 Å². The van der Waals surface area contributed by atoms with Gasteiger partial charge < -0.3 is 14.7 Å². The molecule has 6 heteroatoms. The summed E-state index contributed by atoms with van der Waals surface area (Å²) in [7, 11) is 0. The Labute approximate surface area is 128 Å². The number of hydrogen-bond donors (Lipinski definition) is 1. The number of hydrogen-bond acceptors (Lipinski definition) is 4. The molecule has 1 saturated heterocycles. The Balaban J connectivity index is 1.89. The fraction of sp³-hybridized carbons (Fsp3) is 0.467. The van der Waals surface area contributed by atoms with Gasteiger partial charge in [-0.05, 0) is 25.0 Å². The Kier molecular flexibility index (Phi) is 5.12. The number of ether oxygens (including phenoxy) is 1. The minimum absolute atomic E-state index is 0.168.